The van der Waals surface area contributed by atoms with Crippen molar-refractivity contribution in [2.45, 2.75) is 46.5 Å². The second-order valence-electron chi connectivity index (χ2n) is 5.63. The fraction of sp³-hybridized carbons (Fsp3) is 0.667. The van der Waals surface area contributed by atoms with Crippen molar-refractivity contribution in [3.05, 3.63) is 23.3 Å². The summed E-state index contributed by atoms with van der Waals surface area (Å²) in [5.41, 5.74) is 3.18. The lowest BCUT2D eigenvalue weighted by atomic mass is 9.62. The molecule has 1 nitrogen and oxygen atoms in total. The van der Waals surface area contributed by atoms with Gasteiger partial charge in [0.1, 0.15) is 6.29 Å². The average molecular weight is 218 g/mol. The van der Waals surface area contributed by atoms with E-state index < -0.39 is 0 Å². The zero-order valence-corrected chi connectivity index (χ0v) is 10.6. The second-order valence-corrected chi connectivity index (χ2v) is 5.63. The van der Waals surface area contributed by atoms with Crippen LogP contribution >= 0.6 is 0 Å². The van der Waals surface area contributed by atoms with Crippen molar-refractivity contribution < 1.29 is 4.79 Å². The van der Waals surface area contributed by atoms with E-state index in [0.717, 1.165) is 19.1 Å². The molecule has 16 heavy (non-hydrogen) atoms. The van der Waals surface area contributed by atoms with Gasteiger partial charge in [0.05, 0.1) is 0 Å². The summed E-state index contributed by atoms with van der Waals surface area (Å²) in [6.07, 6.45) is 10.7. The summed E-state index contributed by atoms with van der Waals surface area (Å²) >= 11 is 0. The van der Waals surface area contributed by atoms with Crippen LogP contribution in [0, 0.1) is 17.3 Å². The first-order valence-electron chi connectivity index (χ1n) is 6.44. The Balaban J connectivity index is 2.36. The first-order chi connectivity index (χ1) is 7.58. The fourth-order valence-corrected chi connectivity index (χ4v) is 3.13. The van der Waals surface area contributed by atoms with Gasteiger partial charge in [-0.1, -0.05) is 44.1 Å². The molecule has 0 saturated carbocycles. The van der Waals surface area contributed by atoms with E-state index in [-0.39, 0.29) is 11.3 Å². The number of carbonyl (C=O) groups excluding carboxylic acids is 1. The van der Waals surface area contributed by atoms with Crippen molar-refractivity contribution in [2.75, 3.05) is 0 Å². The molecule has 1 heteroatoms. The van der Waals surface area contributed by atoms with Crippen molar-refractivity contribution in [1.29, 1.82) is 0 Å². The van der Waals surface area contributed by atoms with Gasteiger partial charge in [0, 0.05) is 11.3 Å². The predicted octanol–water partition coefficient (Wildman–Crippen LogP) is 3.90. The fourth-order valence-electron chi connectivity index (χ4n) is 3.13. The molecule has 0 bridgehead atoms. The lowest BCUT2D eigenvalue weighted by Gasteiger charge is -2.43. The SMILES string of the molecule is CC(C=O)C1=CC2(C)C(=CCCC2C)CC1. The smallest absolute Gasteiger partial charge is 0.126 e. The van der Waals surface area contributed by atoms with E-state index in [4.69, 9.17) is 0 Å². The van der Waals surface area contributed by atoms with Gasteiger partial charge in [-0.3, -0.25) is 0 Å². The van der Waals surface area contributed by atoms with Crippen LogP contribution in [0.2, 0.25) is 0 Å². The van der Waals surface area contributed by atoms with Crippen LogP contribution in [0.1, 0.15) is 46.5 Å². The van der Waals surface area contributed by atoms with Crippen LogP contribution in [0.5, 0.6) is 0 Å². The summed E-state index contributed by atoms with van der Waals surface area (Å²) in [4.78, 5) is 10.9. The third-order valence-electron chi connectivity index (χ3n) is 4.66. The molecule has 0 saturated heterocycles. The van der Waals surface area contributed by atoms with Gasteiger partial charge in [0.15, 0.2) is 0 Å². The Kier molecular flexibility index (Phi) is 3.05. The van der Waals surface area contributed by atoms with Crippen molar-refractivity contribution in [1.82, 2.24) is 0 Å². The molecule has 2 rings (SSSR count). The molecule has 0 spiro atoms. The van der Waals surface area contributed by atoms with E-state index in [9.17, 15) is 4.79 Å². The number of allylic oxidation sites excluding steroid dienone is 4. The molecular weight excluding hydrogens is 196 g/mol. The number of rotatable bonds is 2. The molecule has 0 heterocycles. The Hall–Kier alpha value is -0.850. The molecule has 0 fully saturated rings. The van der Waals surface area contributed by atoms with Gasteiger partial charge in [-0.25, -0.2) is 0 Å². The standard InChI is InChI=1S/C15H22O/c1-11(10-16)13-7-8-14-6-4-5-12(2)15(14,3)9-13/h6,9-12H,4-5,7-8H2,1-3H3. The molecule has 0 amide bonds. The molecule has 88 valence electrons. The summed E-state index contributed by atoms with van der Waals surface area (Å²) < 4.78 is 0. The average Bonchev–Trinajstić information content (AvgIpc) is 2.29. The lowest BCUT2D eigenvalue weighted by Crippen LogP contribution is -2.32. The van der Waals surface area contributed by atoms with Crippen LogP contribution < -0.4 is 0 Å². The summed E-state index contributed by atoms with van der Waals surface area (Å²) in [5, 5.41) is 0. The minimum Gasteiger partial charge on any atom is -0.303 e. The van der Waals surface area contributed by atoms with Crippen LogP contribution in [0.25, 0.3) is 0 Å². The van der Waals surface area contributed by atoms with Gasteiger partial charge in [0.2, 0.25) is 0 Å². The summed E-state index contributed by atoms with van der Waals surface area (Å²) in [6.45, 7) is 6.71. The number of carbonyl (C=O) groups is 1. The monoisotopic (exact) mass is 218 g/mol. The largest absolute Gasteiger partial charge is 0.303 e. The van der Waals surface area contributed by atoms with E-state index in [0.29, 0.717) is 5.92 Å². The van der Waals surface area contributed by atoms with Crippen LogP contribution in [-0.4, -0.2) is 6.29 Å². The van der Waals surface area contributed by atoms with E-state index in [2.05, 4.69) is 26.0 Å². The Bertz CT molecular complexity index is 350. The highest BCUT2D eigenvalue weighted by atomic mass is 16.1. The molecule has 0 aromatic rings. The van der Waals surface area contributed by atoms with Crippen molar-refractivity contribution in [3.8, 4) is 0 Å². The first kappa shape index (κ1) is 11.6. The molecule has 0 aromatic heterocycles. The second kappa shape index (κ2) is 4.20. The molecule has 2 aliphatic rings. The van der Waals surface area contributed by atoms with Crippen molar-refractivity contribution in [3.63, 3.8) is 0 Å². The third-order valence-corrected chi connectivity index (χ3v) is 4.66. The Morgan fingerprint density at radius 3 is 2.94 bits per heavy atom. The number of hydrogen-bond donors (Lipinski definition) is 0. The lowest BCUT2D eigenvalue weighted by molar-refractivity contribution is -0.109. The van der Waals surface area contributed by atoms with Gasteiger partial charge in [-0.15, -0.1) is 0 Å². The maximum atomic E-state index is 10.9. The Morgan fingerprint density at radius 2 is 2.25 bits per heavy atom. The van der Waals surface area contributed by atoms with Gasteiger partial charge in [0.25, 0.3) is 0 Å². The maximum Gasteiger partial charge on any atom is 0.126 e. The molecule has 2 aliphatic carbocycles. The summed E-state index contributed by atoms with van der Waals surface area (Å²) in [6, 6.07) is 0. The van der Waals surface area contributed by atoms with E-state index >= 15 is 0 Å². The summed E-state index contributed by atoms with van der Waals surface area (Å²) in [7, 11) is 0. The minimum atomic E-state index is 0.104. The third kappa shape index (κ3) is 1.77. The van der Waals surface area contributed by atoms with E-state index in [1.807, 2.05) is 6.92 Å². The molecule has 0 aliphatic heterocycles. The molecule has 0 radical (unpaired) electrons. The highest BCUT2D eigenvalue weighted by Crippen LogP contribution is 2.49. The van der Waals surface area contributed by atoms with Gasteiger partial charge < -0.3 is 4.79 Å². The zero-order valence-electron chi connectivity index (χ0n) is 10.6. The summed E-state index contributed by atoms with van der Waals surface area (Å²) in [5.74, 6) is 0.814. The quantitative estimate of drug-likeness (QED) is 0.507. The first-order valence-corrected chi connectivity index (χ1v) is 6.44. The van der Waals surface area contributed by atoms with Crippen molar-refractivity contribution in [2.24, 2.45) is 17.3 Å². The predicted molar refractivity (Wildman–Crippen MR) is 67.1 cm³/mol. The molecule has 0 N–H and O–H groups in total. The molecular formula is C15H22O. The van der Waals surface area contributed by atoms with Crippen LogP contribution in [0.4, 0.5) is 0 Å². The van der Waals surface area contributed by atoms with Gasteiger partial charge in [-0.05, 0) is 31.6 Å². The van der Waals surface area contributed by atoms with Gasteiger partial charge >= 0.3 is 0 Å². The number of fused-ring (bicyclic) bond motifs is 1. The van der Waals surface area contributed by atoms with E-state index in [1.165, 1.54) is 18.4 Å². The normalized spacial score (nSPS) is 35.8. The van der Waals surface area contributed by atoms with Crippen molar-refractivity contribution >= 4 is 6.29 Å². The molecule has 0 aromatic carbocycles. The molecule has 3 atom stereocenters. The van der Waals surface area contributed by atoms with Crippen LogP contribution in [0.3, 0.4) is 0 Å². The van der Waals surface area contributed by atoms with Crippen LogP contribution in [-0.2, 0) is 4.79 Å². The van der Waals surface area contributed by atoms with Crippen LogP contribution in [0.15, 0.2) is 23.3 Å². The zero-order chi connectivity index (χ0) is 11.8. The minimum absolute atomic E-state index is 0.104. The Morgan fingerprint density at radius 1 is 1.50 bits per heavy atom. The highest BCUT2D eigenvalue weighted by molar-refractivity contribution is 5.59. The highest BCUT2D eigenvalue weighted by Gasteiger charge is 2.37. The number of hydrogen-bond acceptors (Lipinski definition) is 1. The maximum absolute atomic E-state index is 10.9. The number of aldehydes is 1. The Labute approximate surface area is 98.6 Å². The topological polar surface area (TPSA) is 17.1 Å². The van der Waals surface area contributed by atoms with E-state index in [1.54, 1.807) is 5.57 Å². The molecule has 3 unspecified atom stereocenters. The van der Waals surface area contributed by atoms with Gasteiger partial charge in [-0.2, -0.15) is 0 Å².